The third kappa shape index (κ3) is 3.72. The molecule has 2 heterocycles. The van der Waals surface area contributed by atoms with Crippen LogP contribution in [0.2, 0.25) is 5.02 Å². The van der Waals surface area contributed by atoms with Crippen LogP contribution in [-0.2, 0) is 0 Å². The number of nitrogens with one attached hydrogen (secondary N) is 2. The average molecular weight is 488 g/mol. The van der Waals surface area contributed by atoms with E-state index in [1.807, 2.05) is 30.3 Å². The van der Waals surface area contributed by atoms with E-state index in [-0.39, 0.29) is 12.3 Å². The molecule has 1 aliphatic rings. The van der Waals surface area contributed by atoms with Gasteiger partial charge in [-0.15, -0.1) is 0 Å². The lowest BCUT2D eigenvalue weighted by atomic mass is 10.0. The van der Waals surface area contributed by atoms with Gasteiger partial charge in [-0.2, -0.15) is 0 Å². The summed E-state index contributed by atoms with van der Waals surface area (Å²) in [4.78, 5) is 5.13. The van der Waals surface area contributed by atoms with E-state index in [1.54, 1.807) is 0 Å². The second-order valence-electron chi connectivity index (χ2n) is 9.10. The molecule has 0 radical (unpaired) electrons. The van der Waals surface area contributed by atoms with Crippen LogP contribution in [0.4, 0.5) is 0 Å². The van der Waals surface area contributed by atoms with Crippen LogP contribution in [0.15, 0.2) is 119 Å². The van der Waals surface area contributed by atoms with Crippen LogP contribution in [0.1, 0.15) is 29.0 Å². The number of amidine groups is 1. The molecule has 2 unspecified atom stereocenters. The Bertz CT molecular complexity index is 1770. The summed E-state index contributed by atoms with van der Waals surface area (Å²) in [6, 6.07) is 37.3. The minimum absolute atomic E-state index is 0.0919. The number of furan rings is 1. The van der Waals surface area contributed by atoms with Crippen molar-refractivity contribution < 1.29 is 4.42 Å². The third-order valence-corrected chi connectivity index (χ3v) is 7.03. The normalized spacial score (nSPS) is 17.9. The van der Waals surface area contributed by atoms with Gasteiger partial charge in [-0.25, -0.2) is 4.99 Å². The zero-order chi connectivity index (χ0) is 24.1. The molecule has 0 saturated carbocycles. The topological polar surface area (TPSA) is 49.6 Å². The van der Waals surface area contributed by atoms with E-state index >= 15 is 0 Å². The predicted octanol–water partition coefficient (Wildman–Crippen LogP) is 7.73. The van der Waals surface area contributed by atoms with Gasteiger partial charge in [0.25, 0.3) is 0 Å². The fourth-order valence-electron chi connectivity index (χ4n) is 4.97. The first-order valence-corrected chi connectivity index (χ1v) is 12.4. The van der Waals surface area contributed by atoms with Crippen molar-refractivity contribution in [1.82, 2.24) is 10.6 Å². The van der Waals surface area contributed by atoms with Crippen molar-refractivity contribution in [1.29, 1.82) is 0 Å². The first-order valence-electron chi connectivity index (χ1n) is 12.0. The molecule has 6 aromatic rings. The van der Waals surface area contributed by atoms with Gasteiger partial charge in [-0.05, 0) is 52.2 Å². The molecule has 2 atom stereocenters. The largest absolute Gasteiger partial charge is 0.456 e. The number of halogens is 1. The molecule has 0 amide bonds. The highest BCUT2D eigenvalue weighted by Crippen LogP contribution is 2.34. The highest BCUT2D eigenvalue weighted by atomic mass is 35.5. The Morgan fingerprint density at radius 3 is 2.39 bits per heavy atom. The molecule has 174 valence electrons. The van der Waals surface area contributed by atoms with E-state index in [4.69, 9.17) is 21.0 Å². The van der Waals surface area contributed by atoms with Crippen molar-refractivity contribution in [2.24, 2.45) is 4.99 Å². The summed E-state index contributed by atoms with van der Waals surface area (Å²) in [7, 11) is 0. The Labute approximate surface area is 213 Å². The molecular weight excluding hydrogens is 466 g/mol. The number of fused-ring (bicyclic) bond motifs is 4. The Kier molecular flexibility index (Phi) is 5.01. The Hall–Kier alpha value is -4.12. The number of benzene rings is 5. The SMILES string of the molecule is Clc1ccc2c(c1)oc1ccc(C3N=C(c4ccc5ccccc5c4)NC(c4ccccc4)N3)cc12. The second kappa shape index (κ2) is 8.52. The number of nitrogens with zero attached hydrogens (tertiary/aromatic N) is 1. The van der Waals surface area contributed by atoms with Crippen molar-refractivity contribution in [2.45, 2.75) is 12.3 Å². The zero-order valence-electron chi connectivity index (χ0n) is 19.3. The molecule has 1 aliphatic heterocycles. The maximum absolute atomic E-state index is 6.19. The molecule has 5 aromatic carbocycles. The van der Waals surface area contributed by atoms with Crippen molar-refractivity contribution in [3.8, 4) is 0 Å². The van der Waals surface area contributed by atoms with Gasteiger partial charge in [0.1, 0.15) is 29.3 Å². The van der Waals surface area contributed by atoms with Gasteiger partial charge in [0.2, 0.25) is 0 Å². The Balaban J connectivity index is 1.35. The van der Waals surface area contributed by atoms with Crippen LogP contribution in [0.5, 0.6) is 0 Å². The van der Waals surface area contributed by atoms with Crippen molar-refractivity contribution in [3.63, 3.8) is 0 Å². The molecule has 5 heteroatoms. The summed E-state index contributed by atoms with van der Waals surface area (Å²) in [5.74, 6) is 0.863. The number of hydrogen-bond donors (Lipinski definition) is 2. The first-order chi connectivity index (χ1) is 17.7. The highest BCUT2D eigenvalue weighted by Gasteiger charge is 2.26. The minimum atomic E-state index is -0.237. The summed E-state index contributed by atoms with van der Waals surface area (Å²) < 4.78 is 6.04. The Morgan fingerprint density at radius 1 is 0.667 bits per heavy atom. The summed E-state index contributed by atoms with van der Waals surface area (Å²) in [6.45, 7) is 0. The summed E-state index contributed by atoms with van der Waals surface area (Å²) in [5.41, 5.74) is 4.91. The fourth-order valence-corrected chi connectivity index (χ4v) is 5.13. The van der Waals surface area contributed by atoms with Crippen LogP contribution in [0.3, 0.4) is 0 Å². The van der Waals surface area contributed by atoms with E-state index < -0.39 is 0 Å². The molecule has 0 saturated heterocycles. The van der Waals surface area contributed by atoms with Gasteiger partial charge in [-0.3, -0.25) is 5.32 Å². The van der Waals surface area contributed by atoms with Gasteiger partial charge in [0, 0.05) is 27.4 Å². The number of rotatable bonds is 3. The molecular formula is C31H22ClN3O. The van der Waals surface area contributed by atoms with Gasteiger partial charge in [0.05, 0.1) is 0 Å². The Morgan fingerprint density at radius 2 is 1.50 bits per heavy atom. The maximum Gasteiger partial charge on any atom is 0.136 e. The first kappa shape index (κ1) is 21.2. The molecule has 4 nitrogen and oxygen atoms in total. The fraction of sp³-hybridized carbons (Fsp3) is 0.0645. The highest BCUT2D eigenvalue weighted by molar-refractivity contribution is 6.31. The monoisotopic (exact) mass is 487 g/mol. The predicted molar refractivity (Wildman–Crippen MR) is 147 cm³/mol. The van der Waals surface area contributed by atoms with Crippen LogP contribution in [0, 0.1) is 0 Å². The summed E-state index contributed by atoms with van der Waals surface area (Å²) in [6.07, 6.45) is -0.328. The van der Waals surface area contributed by atoms with Gasteiger partial charge in [-0.1, -0.05) is 84.4 Å². The molecule has 36 heavy (non-hydrogen) atoms. The molecule has 0 aliphatic carbocycles. The van der Waals surface area contributed by atoms with Crippen molar-refractivity contribution in [2.75, 3.05) is 0 Å². The number of hydrogen-bond acceptors (Lipinski definition) is 4. The minimum Gasteiger partial charge on any atom is -0.456 e. The standard InChI is InChI=1S/C31H22ClN3O/c32-24-13-14-25-26-17-23(12-15-27(26)36-28(25)18-24)31-34-29(20-7-2-1-3-8-20)33-30(35-31)22-11-10-19-6-4-5-9-21(19)16-22/h1-18,29,31,34H,(H,33,35). The van der Waals surface area contributed by atoms with E-state index in [9.17, 15) is 0 Å². The van der Waals surface area contributed by atoms with Crippen molar-refractivity contribution in [3.05, 3.63) is 131 Å². The average Bonchev–Trinajstić information content (AvgIpc) is 3.29. The third-order valence-electron chi connectivity index (χ3n) is 6.79. The molecule has 0 fully saturated rings. The zero-order valence-corrected chi connectivity index (χ0v) is 20.0. The molecule has 1 aromatic heterocycles. The summed E-state index contributed by atoms with van der Waals surface area (Å²) >= 11 is 6.19. The second-order valence-corrected chi connectivity index (χ2v) is 9.53. The van der Waals surface area contributed by atoms with Crippen molar-refractivity contribution >= 4 is 50.1 Å². The van der Waals surface area contributed by atoms with Crippen LogP contribution < -0.4 is 10.6 Å². The lowest BCUT2D eigenvalue weighted by Crippen LogP contribution is -2.44. The van der Waals surface area contributed by atoms with Gasteiger partial charge < -0.3 is 9.73 Å². The number of aliphatic imine (C=N–C) groups is 1. The maximum atomic E-state index is 6.19. The lowest BCUT2D eigenvalue weighted by molar-refractivity contribution is 0.409. The molecule has 7 rings (SSSR count). The van der Waals surface area contributed by atoms with Crippen LogP contribution >= 0.6 is 11.6 Å². The molecule has 0 bridgehead atoms. The van der Waals surface area contributed by atoms with Gasteiger partial charge in [0.15, 0.2) is 0 Å². The van der Waals surface area contributed by atoms with E-state index in [0.717, 1.165) is 44.5 Å². The molecule has 2 N–H and O–H groups in total. The smallest absolute Gasteiger partial charge is 0.136 e. The quantitative estimate of drug-likeness (QED) is 0.268. The molecule has 0 spiro atoms. The van der Waals surface area contributed by atoms with E-state index in [0.29, 0.717) is 5.02 Å². The van der Waals surface area contributed by atoms with E-state index in [2.05, 4.69) is 89.5 Å². The van der Waals surface area contributed by atoms with E-state index in [1.165, 1.54) is 10.8 Å². The summed E-state index contributed by atoms with van der Waals surface area (Å²) in [5, 5.41) is 12.5. The lowest BCUT2D eigenvalue weighted by Gasteiger charge is -2.32. The van der Waals surface area contributed by atoms with Crippen LogP contribution in [-0.4, -0.2) is 5.84 Å². The van der Waals surface area contributed by atoms with Crippen LogP contribution in [0.25, 0.3) is 32.7 Å². The van der Waals surface area contributed by atoms with Gasteiger partial charge >= 0.3 is 0 Å².